The molecule has 0 bridgehead atoms. The summed E-state index contributed by atoms with van der Waals surface area (Å²) in [7, 11) is 1.47. The van der Waals surface area contributed by atoms with E-state index in [1.807, 2.05) is 13.0 Å². The maximum Gasteiger partial charge on any atom is 0.261 e. The van der Waals surface area contributed by atoms with Gasteiger partial charge < -0.3 is 14.8 Å². The Morgan fingerprint density at radius 3 is 2.50 bits per heavy atom. The van der Waals surface area contributed by atoms with Gasteiger partial charge in [0.05, 0.1) is 24.8 Å². The van der Waals surface area contributed by atoms with Gasteiger partial charge in [0.25, 0.3) is 5.91 Å². The fourth-order valence-corrected chi connectivity index (χ4v) is 2.91. The number of nitrogens with zero attached hydrogens (tertiary/aromatic N) is 1. The van der Waals surface area contributed by atoms with Gasteiger partial charge in [-0.3, -0.25) is 4.79 Å². The molecule has 0 aliphatic heterocycles. The predicted molar refractivity (Wildman–Crippen MR) is 101 cm³/mol. The van der Waals surface area contributed by atoms with Crippen LogP contribution in [0.2, 0.25) is 10.0 Å². The summed E-state index contributed by atoms with van der Waals surface area (Å²) in [4.78, 5) is 12.4. The summed E-state index contributed by atoms with van der Waals surface area (Å²) < 4.78 is 10.9. The first-order valence-electron chi connectivity index (χ1n) is 7.85. The molecule has 1 N–H and O–H groups in total. The quantitative estimate of drug-likeness (QED) is 0.784. The monoisotopic (exact) mass is 392 g/mol. The average Bonchev–Trinajstić information content (AvgIpc) is 2.61. The Kier molecular flexibility index (Phi) is 6.73. The van der Waals surface area contributed by atoms with Crippen molar-refractivity contribution in [2.45, 2.75) is 26.0 Å². The van der Waals surface area contributed by atoms with E-state index in [2.05, 4.69) is 5.32 Å². The van der Waals surface area contributed by atoms with Crippen LogP contribution in [0.1, 0.15) is 31.0 Å². The number of benzene rings is 2. The number of hydrogen-bond donors (Lipinski definition) is 1. The fourth-order valence-electron chi connectivity index (χ4n) is 2.34. The molecule has 2 rings (SSSR count). The van der Waals surface area contributed by atoms with Crippen molar-refractivity contribution < 1.29 is 14.3 Å². The molecule has 2 atom stereocenters. The highest BCUT2D eigenvalue weighted by Crippen LogP contribution is 2.29. The normalized spacial score (nSPS) is 12.6. The number of ether oxygens (including phenoxy) is 2. The fraction of sp³-hybridized carbons (Fsp3) is 0.263. The first-order valence-corrected chi connectivity index (χ1v) is 8.61. The lowest BCUT2D eigenvalue weighted by Crippen LogP contribution is -2.37. The smallest absolute Gasteiger partial charge is 0.261 e. The molecule has 0 unspecified atom stereocenters. The minimum Gasteiger partial charge on any atom is -0.493 e. The van der Waals surface area contributed by atoms with Gasteiger partial charge >= 0.3 is 0 Å². The number of nitrogens with one attached hydrogen (secondary N) is 1. The van der Waals surface area contributed by atoms with Crippen LogP contribution >= 0.6 is 23.2 Å². The molecular weight excluding hydrogens is 375 g/mol. The molecule has 0 radical (unpaired) electrons. The number of rotatable bonds is 6. The van der Waals surface area contributed by atoms with Gasteiger partial charge in [0.15, 0.2) is 17.6 Å². The van der Waals surface area contributed by atoms with Gasteiger partial charge in [0.1, 0.15) is 0 Å². The van der Waals surface area contributed by atoms with Gasteiger partial charge in [0, 0.05) is 16.1 Å². The first kappa shape index (κ1) is 19.9. The van der Waals surface area contributed by atoms with Gasteiger partial charge in [-0.05, 0) is 43.7 Å². The topological polar surface area (TPSA) is 71.3 Å². The number of hydrogen-bond acceptors (Lipinski definition) is 4. The largest absolute Gasteiger partial charge is 0.493 e. The zero-order chi connectivity index (χ0) is 19.3. The maximum absolute atomic E-state index is 12.4. The molecule has 0 fully saturated rings. The lowest BCUT2D eigenvalue weighted by molar-refractivity contribution is -0.127. The third-order valence-corrected chi connectivity index (χ3v) is 4.32. The molecule has 1 amide bonds. The summed E-state index contributed by atoms with van der Waals surface area (Å²) in [5.41, 5.74) is 1.20. The Balaban J connectivity index is 2.07. The minimum atomic E-state index is -0.773. The van der Waals surface area contributed by atoms with Crippen LogP contribution < -0.4 is 14.8 Å². The van der Waals surface area contributed by atoms with Crippen molar-refractivity contribution in [1.29, 1.82) is 5.26 Å². The summed E-state index contributed by atoms with van der Waals surface area (Å²) in [5.74, 6) is 0.457. The number of carbonyl (C=O) groups is 1. The highest BCUT2D eigenvalue weighted by molar-refractivity contribution is 6.35. The minimum absolute atomic E-state index is 0.310. The average molecular weight is 393 g/mol. The number of nitriles is 1. The Hall–Kier alpha value is -2.42. The number of carbonyl (C=O) groups excluding carboxylic acids is 1. The summed E-state index contributed by atoms with van der Waals surface area (Å²) in [6.07, 6.45) is -0.773. The molecule has 5 nitrogen and oxygen atoms in total. The lowest BCUT2D eigenvalue weighted by atomic mass is 10.1. The van der Waals surface area contributed by atoms with Gasteiger partial charge in [-0.15, -0.1) is 0 Å². The molecule has 0 saturated carbocycles. The van der Waals surface area contributed by atoms with Crippen molar-refractivity contribution in [2.75, 3.05) is 7.11 Å². The molecule has 0 saturated heterocycles. The highest BCUT2D eigenvalue weighted by Gasteiger charge is 2.20. The van der Waals surface area contributed by atoms with E-state index < -0.39 is 6.10 Å². The predicted octanol–water partition coefficient (Wildman–Crippen LogP) is 4.52. The molecule has 7 heteroatoms. The number of methoxy groups -OCH3 is 1. The van der Waals surface area contributed by atoms with Crippen LogP contribution in [0.3, 0.4) is 0 Å². The zero-order valence-corrected chi connectivity index (χ0v) is 16.1. The molecule has 0 heterocycles. The van der Waals surface area contributed by atoms with Gasteiger partial charge in [-0.1, -0.05) is 29.3 Å². The van der Waals surface area contributed by atoms with Crippen molar-refractivity contribution >= 4 is 29.1 Å². The molecular formula is C19H18Cl2N2O3. The van der Waals surface area contributed by atoms with Crippen LogP contribution in [-0.2, 0) is 4.79 Å². The van der Waals surface area contributed by atoms with Crippen LogP contribution in [-0.4, -0.2) is 19.1 Å². The zero-order valence-electron chi connectivity index (χ0n) is 14.5. The van der Waals surface area contributed by atoms with Crippen LogP contribution in [0.25, 0.3) is 0 Å². The molecule has 0 aliphatic carbocycles. The first-order chi connectivity index (χ1) is 12.3. The summed E-state index contributed by atoms with van der Waals surface area (Å²) in [6, 6.07) is 11.6. The Morgan fingerprint density at radius 1 is 1.15 bits per heavy atom. The second kappa shape index (κ2) is 8.79. The number of amides is 1. The van der Waals surface area contributed by atoms with Crippen LogP contribution in [0.5, 0.6) is 11.5 Å². The van der Waals surface area contributed by atoms with Crippen molar-refractivity contribution in [3.63, 3.8) is 0 Å². The van der Waals surface area contributed by atoms with Crippen molar-refractivity contribution in [3.05, 3.63) is 57.6 Å². The van der Waals surface area contributed by atoms with E-state index in [9.17, 15) is 4.79 Å². The SMILES string of the molecule is COc1cc(C#N)ccc1O[C@H](C)C(=O)N[C@H](C)c1ccc(Cl)cc1Cl. The molecule has 2 aromatic carbocycles. The van der Waals surface area contributed by atoms with Crippen LogP contribution in [0.4, 0.5) is 0 Å². The molecule has 2 aromatic rings. The van der Waals surface area contributed by atoms with E-state index in [1.165, 1.54) is 7.11 Å². The summed E-state index contributed by atoms with van der Waals surface area (Å²) in [5, 5.41) is 12.8. The maximum atomic E-state index is 12.4. The molecule has 0 aliphatic rings. The van der Waals surface area contributed by atoms with Crippen molar-refractivity contribution in [1.82, 2.24) is 5.32 Å². The molecule has 0 aromatic heterocycles. The molecule has 26 heavy (non-hydrogen) atoms. The highest BCUT2D eigenvalue weighted by atomic mass is 35.5. The summed E-state index contributed by atoms with van der Waals surface area (Å²) in [6.45, 7) is 3.45. The van der Waals surface area contributed by atoms with Crippen LogP contribution in [0.15, 0.2) is 36.4 Å². The number of halogens is 2. The second-order valence-electron chi connectivity index (χ2n) is 5.63. The third-order valence-electron chi connectivity index (χ3n) is 3.75. The standard InChI is InChI=1S/C19H18Cl2N2O3/c1-11(15-6-5-14(20)9-16(15)21)23-19(24)12(2)26-17-7-4-13(10-22)8-18(17)25-3/h4-9,11-12H,1-3H3,(H,23,24)/t11-,12-/m1/s1. The Bertz CT molecular complexity index is 849. The van der Waals surface area contributed by atoms with Crippen molar-refractivity contribution in [3.8, 4) is 17.6 Å². The summed E-state index contributed by atoms with van der Waals surface area (Å²) >= 11 is 12.1. The Labute approximate surface area is 162 Å². The van der Waals surface area contributed by atoms with E-state index in [1.54, 1.807) is 43.3 Å². The van der Waals surface area contributed by atoms with Gasteiger partial charge in [0.2, 0.25) is 0 Å². The van der Waals surface area contributed by atoms with E-state index >= 15 is 0 Å². The lowest BCUT2D eigenvalue weighted by Gasteiger charge is -2.20. The van der Waals surface area contributed by atoms with Crippen molar-refractivity contribution in [2.24, 2.45) is 0 Å². The van der Waals surface area contributed by atoms with Gasteiger partial charge in [-0.25, -0.2) is 0 Å². The van der Waals surface area contributed by atoms with Gasteiger partial charge in [-0.2, -0.15) is 5.26 Å². The van der Waals surface area contributed by atoms with E-state index in [0.29, 0.717) is 27.1 Å². The van der Waals surface area contributed by atoms with E-state index in [0.717, 1.165) is 5.56 Å². The Morgan fingerprint density at radius 2 is 1.88 bits per heavy atom. The second-order valence-corrected chi connectivity index (χ2v) is 6.48. The third kappa shape index (κ3) is 4.81. The van der Waals surface area contributed by atoms with Crippen LogP contribution in [0, 0.1) is 11.3 Å². The molecule has 136 valence electrons. The van der Waals surface area contributed by atoms with E-state index in [4.69, 9.17) is 37.9 Å². The van der Waals surface area contributed by atoms with E-state index in [-0.39, 0.29) is 11.9 Å². The molecule has 0 spiro atoms.